The molecule has 4 rings (SSSR count). The number of hydrogen-bond donors (Lipinski definition) is 1. The number of hydrogen-bond acceptors (Lipinski definition) is 5. The molecule has 0 unspecified atom stereocenters. The fourth-order valence-electron chi connectivity index (χ4n) is 5.47. The highest BCUT2D eigenvalue weighted by molar-refractivity contribution is 5.78. The zero-order valence-corrected chi connectivity index (χ0v) is 19.8. The summed E-state index contributed by atoms with van der Waals surface area (Å²) in [5, 5.41) is 9.33. The van der Waals surface area contributed by atoms with E-state index in [9.17, 15) is 14.7 Å². The molecule has 0 aromatic heterocycles. The molecular weight excluding hydrogens is 410 g/mol. The summed E-state index contributed by atoms with van der Waals surface area (Å²) in [6, 6.07) is 5.75. The Morgan fingerprint density at radius 2 is 2.00 bits per heavy atom. The van der Waals surface area contributed by atoms with Gasteiger partial charge in [0.2, 0.25) is 5.91 Å². The van der Waals surface area contributed by atoms with E-state index in [4.69, 9.17) is 14.2 Å². The van der Waals surface area contributed by atoms with E-state index in [-0.39, 0.29) is 35.2 Å². The van der Waals surface area contributed by atoms with Gasteiger partial charge in [-0.15, -0.1) is 0 Å². The zero-order chi connectivity index (χ0) is 23.3. The Balaban J connectivity index is 1.56. The molecule has 1 amide bonds. The van der Waals surface area contributed by atoms with E-state index in [0.29, 0.717) is 44.0 Å². The number of benzene rings is 1. The normalized spacial score (nSPS) is 28.2. The zero-order valence-electron chi connectivity index (χ0n) is 19.8. The molecule has 3 atom stereocenters. The molecule has 3 heterocycles. The Labute approximate surface area is 190 Å². The van der Waals surface area contributed by atoms with E-state index in [1.807, 2.05) is 30.0 Å². The molecule has 3 aliphatic heterocycles. The largest absolute Gasteiger partial charge is 0.497 e. The van der Waals surface area contributed by atoms with E-state index in [1.165, 1.54) is 0 Å². The summed E-state index contributed by atoms with van der Waals surface area (Å²) in [5.41, 5.74) is 0.183. The van der Waals surface area contributed by atoms with Crippen LogP contribution >= 0.6 is 0 Å². The highest BCUT2D eigenvalue weighted by Crippen LogP contribution is 2.56. The number of nitrogens with zero attached hydrogens (tertiary/aromatic N) is 1. The van der Waals surface area contributed by atoms with Crippen molar-refractivity contribution in [1.29, 1.82) is 0 Å². The standard InChI is InChI=1S/C25H35NO6/c1-23(2,3)12-20(27)26-13-25(14-26)11-18-22(31-15-25)17-7-6-16(30-5)10-19(17)32-24(18,4)9-8-21(28)29/h6-7,10,18,22H,8-9,11-15H2,1-5H3,(H,28,29)/t18-,22+,24+/m0/s1. The minimum atomic E-state index is -0.836. The minimum absolute atomic E-state index is 0.0105. The molecule has 0 bridgehead atoms. The van der Waals surface area contributed by atoms with Crippen LogP contribution in [0.3, 0.4) is 0 Å². The third kappa shape index (κ3) is 4.32. The maximum atomic E-state index is 12.7. The van der Waals surface area contributed by atoms with Crippen molar-refractivity contribution in [2.24, 2.45) is 16.7 Å². The monoisotopic (exact) mass is 445 g/mol. The van der Waals surface area contributed by atoms with Gasteiger partial charge < -0.3 is 24.2 Å². The van der Waals surface area contributed by atoms with Gasteiger partial charge in [0, 0.05) is 48.9 Å². The predicted octanol–water partition coefficient (Wildman–Crippen LogP) is 4.05. The van der Waals surface area contributed by atoms with Crippen LogP contribution in [-0.4, -0.2) is 54.3 Å². The van der Waals surface area contributed by atoms with Crippen molar-refractivity contribution in [3.8, 4) is 11.5 Å². The molecule has 2 saturated heterocycles. The van der Waals surface area contributed by atoms with Gasteiger partial charge in [-0.05, 0) is 37.3 Å². The summed E-state index contributed by atoms with van der Waals surface area (Å²) >= 11 is 0. The second-order valence-corrected chi connectivity index (χ2v) is 11.2. The van der Waals surface area contributed by atoms with Crippen LogP contribution in [0, 0.1) is 16.7 Å². The lowest BCUT2D eigenvalue weighted by molar-refractivity contribution is -0.206. The van der Waals surface area contributed by atoms with Crippen LogP contribution in [0.15, 0.2) is 18.2 Å². The Morgan fingerprint density at radius 1 is 1.28 bits per heavy atom. The van der Waals surface area contributed by atoms with Gasteiger partial charge in [0.25, 0.3) is 0 Å². The molecule has 1 N–H and O–H groups in total. The fourth-order valence-corrected chi connectivity index (χ4v) is 5.47. The van der Waals surface area contributed by atoms with Gasteiger partial charge in [-0.1, -0.05) is 20.8 Å². The third-order valence-electron chi connectivity index (χ3n) is 7.16. The van der Waals surface area contributed by atoms with Crippen LogP contribution in [0.25, 0.3) is 0 Å². The lowest BCUT2D eigenvalue weighted by Crippen LogP contribution is -2.65. The van der Waals surface area contributed by atoms with Crippen molar-refractivity contribution in [3.05, 3.63) is 23.8 Å². The first-order valence-corrected chi connectivity index (χ1v) is 11.4. The van der Waals surface area contributed by atoms with Crippen LogP contribution < -0.4 is 9.47 Å². The molecule has 7 nitrogen and oxygen atoms in total. The molecule has 0 saturated carbocycles. The lowest BCUT2D eigenvalue weighted by atomic mass is 9.63. The maximum absolute atomic E-state index is 12.7. The SMILES string of the molecule is COc1ccc2c(c1)O[C@](C)(CCC(=O)O)[C@H]1CC3(CO[C@H]21)CN(C(=O)CC(C)(C)C)C3. The molecule has 7 heteroatoms. The Kier molecular flexibility index (Phi) is 5.68. The van der Waals surface area contributed by atoms with E-state index < -0.39 is 11.6 Å². The molecule has 176 valence electrons. The summed E-state index contributed by atoms with van der Waals surface area (Å²) in [5.74, 6) is 0.761. The summed E-state index contributed by atoms with van der Waals surface area (Å²) < 4.78 is 18.3. The van der Waals surface area contributed by atoms with Gasteiger partial charge in [0.15, 0.2) is 0 Å². The van der Waals surface area contributed by atoms with Crippen molar-refractivity contribution < 1.29 is 28.9 Å². The second kappa shape index (κ2) is 7.94. The highest BCUT2D eigenvalue weighted by Gasteiger charge is 2.57. The number of carboxylic acid groups (broad SMARTS) is 1. The number of rotatable bonds is 5. The third-order valence-corrected chi connectivity index (χ3v) is 7.16. The van der Waals surface area contributed by atoms with Crippen molar-refractivity contribution in [2.45, 2.75) is 65.1 Å². The Morgan fingerprint density at radius 3 is 2.62 bits per heavy atom. The summed E-state index contributed by atoms with van der Waals surface area (Å²) in [6.45, 7) is 10.2. The van der Waals surface area contributed by atoms with Crippen LogP contribution in [0.1, 0.15) is 65.0 Å². The first-order valence-electron chi connectivity index (χ1n) is 11.4. The van der Waals surface area contributed by atoms with Crippen molar-refractivity contribution >= 4 is 11.9 Å². The molecule has 0 radical (unpaired) electrons. The van der Waals surface area contributed by atoms with Crippen molar-refractivity contribution in [2.75, 3.05) is 26.8 Å². The minimum Gasteiger partial charge on any atom is -0.497 e. The highest BCUT2D eigenvalue weighted by atomic mass is 16.5. The first kappa shape index (κ1) is 22.9. The molecule has 32 heavy (non-hydrogen) atoms. The number of likely N-dealkylation sites (tertiary alicyclic amines) is 1. The number of carbonyl (C=O) groups excluding carboxylic acids is 1. The van der Waals surface area contributed by atoms with E-state index >= 15 is 0 Å². The molecule has 1 aromatic rings. The van der Waals surface area contributed by atoms with Gasteiger partial charge in [-0.3, -0.25) is 9.59 Å². The number of ether oxygens (including phenoxy) is 3. The van der Waals surface area contributed by atoms with Gasteiger partial charge >= 0.3 is 5.97 Å². The van der Waals surface area contributed by atoms with Crippen LogP contribution in [0.5, 0.6) is 11.5 Å². The number of carbonyl (C=O) groups is 2. The van der Waals surface area contributed by atoms with Gasteiger partial charge in [0.1, 0.15) is 17.1 Å². The topological polar surface area (TPSA) is 85.3 Å². The molecular formula is C25H35NO6. The predicted molar refractivity (Wildman–Crippen MR) is 119 cm³/mol. The Bertz CT molecular complexity index is 900. The molecule has 1 aromatic carbocycles. The number of methoxy groups -OCH3 is 1. The summed E-state index contributed by atoms with van der Waals surface area (Å²) in [4.78, 5) is 26.0. The van der Waals surface area contributed by atoms with E-state index in [1.54, 1.807) is 7.11 Å². The molecule has 2 fully saturated rings. The number of aliphatic carboxylic acids is 1. The van der Waals surface area contributed by atoms with Crippen LogP contribution in [0.2, 0.25) is 0 Å². The fraction of sp³-hybridized carbons (Fsp3) is 0.680. The first-order chi connectivity index (χ1) is 14.9. The maximum Gasteiger partial charge on any atom is 0.303 e. The van der Waals surface area contributed by atoms with Gasteiger partial charge in [0.05, 0.1) is 19.8 Å². The number of carboxylic acids is 1. The van der Waals surface area contributed by atoms with Crippen LogP contribution in [0.4, 0.5) is 0 Å². The van der Waals surface area contributed by atoms with Gasteiger partial charge in [-0.25, -0.2) is 0 Å². The molecule has 0 aliphatic carbocycles. The molecule has 1 spiro atoms. The average molecular weight is 446 g/mol. The molecule has 3 aliphatic rings. The summed E-state index contributed by atoms with van der Waals surface area (Å²) in [6.07, 6.45) is 1.64. The van der Waals surface area contributed by atoms with Crippen LogP contribution in [-0.2, 0) is 14.3 Å². The smallest absolute Gasteiger partial charge is 0.303 e. The Hall–Kier alpha value is -2.28. The lowest BCUT2D eigenvalue weighted by Gasteiger charge is -2.59. The van der Waals surface area contributed by atoms with E-state index in [2.05, 4.69) is 20.8 Å². The summed E-state index contributed by atoms with van der Waals surface area (Å²) in [7, 11) is 1.61. The van der Waals surface area contributed by atoms with E-state index in [0.717, 1.165) is 12.0 Å². The van der Waals surface area contributed by atoms with Gasteiger partial charge in [-0.2, -0.15) is 0 Å². The van der Waals surface area contributed by atoms with Crippen molar-refractivity contribution in [3.63, 3.8) is 0 Å². The second-order valence-electron chi connectivity index (χ2n) is 11.2. The number of amides is 1. The average Bonchev–Trinajstić information content (AvgIpc) is 2.68. The number of fused-ring (bicyclic) bond motifs is 3. The quantitative estimate of drug-likeness (QED) is 0.736. The van der Waals surface area contributed by atoms with Crippen molar-refractivity contribution in [1.82, 2.24) is 4.90 Å².